The molecule has 0 unspecified atom stereocenters. The van der Waals surface area contributed by atoms with Gasteiger partial charge in [-0.2, -0.15) is 0 Å². The second-order valence-electron chi connectivity index (χ2n) is 4.47. The zero-order chi connectivity index (χ0) is 12.0. The van der Waals surface area contributed by atoms with Gasteiger partial charge in [0.15, 0.2) is 0 Å². The van der Waals surface area contributed by atoms with Crippen molar-refractivity contribution >= 4 is 5.91 Å². The van der Waals surface area contributed by atoms with Gasteiger partial charge in [0.1, 0.15) is 0 Å². The molecule has 0 aromatic carbocycles. The standard InChI is InChI=1S/C12H24N2O2/c1-3-14(4-2)12(16)9-13-7-5-11(10-15)6-8-13/h11,15H,3-10H2,1-2H3. The minimum Gasteiger partial charge on any atom is -0.396 e. The Labute approximate surface area is 98.2 Å². The molecular weight excluding hydrogens is 204 g/mol. The van der Waals surface area contributed by atoms with Crippen LogP contribution in [0.5, 0.6) is 0 Å². The number of nitrogens with zero attached hydrogens (tertiary/aromatic N) is 2. The third kappa shape index (κ3) is 3.76. The predicted octanol–water partition coefficient (Wildman–Crippen LogP) is 0.559. The van der Waals surface area contributed by atoms with E-state index in [1.54, 1.807) is 0 Å². The number of hydrogen-bond acceptors (Lipinski definition) is 3. The second kappa shape index (κ2) is 6.86. The molecule has 4 nitrogen and oxygen atoms in total. The summed E-state index contributed by atoms with van der Waals surface area (Å²) in [4.78, 5) is 15.9. The first-order chi connectivity index (χ1) is 7.71. The number of aliphatic hydroxyl groups is 1. The van der Waals surface area contributed by atoms with Crippen LogP contribution in [0.2, 0.25) is 0 Å². The summed E-state index contributed by atoms with van der Waals surface area (Å²) < 4.78 is 0. The summed E-state index contributed by atoms with van der Waals surface area (Å²) >= 11 is 0. The predicted molar refractivity (Wildman–Crippen MR) is 64.2 cm³/mol. The number of carbonyl (C=O) groups excluding carboxylic acids is 1. The Morgan fingerprint density at radius 3 is 2.31 bits per heavy atom. The molecule has 0 aromatic heterocycles. The molecule has 94 valence electrons. The van der Waals surface area contributed by atoms with Crippen molar-refractivity contribution in [2.24, 2.45) is 5.92 Å². The average molecular weight is 228 g/mol. The fourth-order valence-electron chi connectivity index (χ4n) is 2.19. The highest BCUT2D eigenvalue weighted by atomic mass is 16.3. The number of rotatable bonds is 5. The summed E-state index contributed by atoms with van der Waals surface area (Å²) in [5.41, 5.74) is 0. The maximum absolute atomic E-state index is 11.9. The zero-order valence-electron chi connectivity index (χ0n) is 10.5. The van der Waals surface area contributed by atoms with E-state index in [9.17, 15) is 4.79 Å². The Morgan fingerprint density at radius 2 is 1.88 bits per heavy atom. The smallest absolute Gasteiger partial charge is 0.236 e. The van der Waals surface area contributed by atoms with Gasteiger partial charge in [0, 0.05) is 19.7 Å². The van der Waals surface area contributed by atoms with Crippen LogP contribution in [0.15, 0.2) is 0 Å². The van der Waals surface area contributed by atoms with E-state index in [2.05, 4.69) is 4.90 Å². The molecule has 0 bridgehead atoms. The van der Waals surface area contributed by atoms with Crippen LogP contribution in [-0.4, -0.2) is 60.1 Å². The Morgan fingerprint density at radius 1 is 1.31 bits per heavy atom. The molecule has 1 heterocycles. The molecule has 16 heavy (non-hydrogen) atoms. The van der Waals surface area contributed by atoms with Gasteiger partial charge in [0.2, 0.25) is 5.91 Å². The number of carbonyl (C=O) groups is 1. The van der Waals surface area contributed by atoms with Gasteiger partial charge in [-0.25, -0.2) is 0 Å². The quantitative estimate of drug-likeness (QED) is 0.748. The molecule has 0 radical (unpaired) electrons. The monoisotopic (exact) mass is 228 g/mol. The van der Waals surface area contributed by atoms with Gasteiger partial charge in [0.25, 0.3) is 0 Å². The van der Waals surface area contributed by atoms with Crippen molar-refractivity contribution in [3.05, 3.63) is 0 Å². The van der Waals surface area contributed by atoms with Gasteiger partial charge >= 0.3 is 0 Å². The van der Waals surface area contributed by atoms with Crippen molar-refractivity contribution in [3.63, 3.8) is 0 Å². The van der Waals surface area contributed by atoms with Gasteiger partial charge in [-0.1, -0.05) is 0 Å². The Balaban J connectivity index is 2.30. The summed E-state index contributed by atoms with van der Waals surface area (Å²) in [6.07, 6.45) is 2.03. The first kappa shape index (κ1) is 13.5. The molecule has 1 aliphatic heterocycles. The van der Waals surface area contributed by atoms with Gasteiger partial charge in [-0.15, -0.1) is 0 Å². The van der Waals surface area contributed by atoms with Gasteiger partial charge in [0.05, 0.1) is 6.54 Å². The SMILES string of the molecule is CCN(CC)C(=O)CN1CCC(CO)CC1. The van der Waals surface area contributed by atoms with E-state index < -0.39 is 0 Å². The van der Waals surface area contributed by atoms with Crippen LogP contribution < -0.4 is 0 Å². The summed E-state index contributed by atoms with van der Waals surface area (Å²) in [6.45, 7) is 8.33. The lowest BCUT2D eigenvalue weighted by Gasteiger charge is -2.32. The summed E-state index contributed by atoms with van der Waals surface area (Å²) in [6, 6.07) is 0. The highest BCUT2D eigenvalue weighted by molar-refractivity contribution is 5.78. The first-order valence-electron chi connectivity index (χ1n) is 6.32. The van der Waals surface area contributed by atoms with Crippen molar-refractivity contribution in [2.45, 2.75) is 26.7 Å². The van der Waals surface area contributed by atoms with Crippen molar-refractivity contribution in [1.82, 2.24) is 9.80 Å². The van der Waals surface area contributed by atoms with Crippen LogP contribution in [0.25, 0.3) is 0 Å². The lowest BCUT2D eigenvalue weighted by molar-refractivity contribution is -0.132. The second-order valence-corrected chi connectivity index (χ2v) is 4.47. The molecule has 0 spiro atoms. The van der Waals surface area contributed by atoms with E-state index in [0.717, 1.165) is 39.0 Å². The number of likely N-dealkylation sites (tertiary alicyclic amines) is 1. The molecule has 0 aromatic rings. The Hall–Kier alpha value is -0.610. The van der Waals surface area contributed by atoms with E-state index in [4.69, 9.17) is 5.11 Å². The van der Waals surface area contributed by atoms with Crippen LogP contribution >= 0.6 is 0 Å². The average Bonchev–Trinajstić information content (AvgIpc) is 2.31. The fourth-order valence-corrected chi connectivity index (χ4v) is 2.19. The van der Waals surface area contributed by atoms with E-state index in [0.29, 0.717) is 12.5 Å². The van der Waals surface area contributed by atoms with Crippen molar-refractivity contribution in [2.75, 3.05) is 39.3 Å². The number of piperidine rings is 1. The number of likely N-dealkylation sites (N-methyl/N-ethyl adjacent to an activating group) is 1. The molecular formula is C12H24N2O2. The summed E-state index contributed by atoms with van der Waals surface area (Å²) in [5.74, 6) is 0.673. The van der Waals surface area contributed by atoms with Crippen LogP contribution in [0.4, 0.5) is 0 Å². The van der Waals surface area contributed by atoms with Crippen molar-refractivity contribution in [3.8, 4) is 0 Å². The zero-order valence-corrected chi connectivity index (χ0v) is 10.5. The molecule has 0 aliphatic carbocycles. The highest BCUT2D eigenvalue weighted by Gasteiger charge is 2.21. The molecule has 1 aliphatic rings. The normalized spacial score (nSPS) is 18.7. The van der Waals surface area contributed by atoms with Crippen LogP contribution in [0.3, 0.4) is 0 Å². The third-order valence-electron chi connectivity index (χ3n) is 3.44. The molecule has 1 fully saturated rings. The number of hydrogen-bond donors (Lipinski definition) is 1. The summed E-state index contributed by atoms with van der Waals surface area (Å²) in [5, 5.41) is 9.03. The van der Waals surface area contributed by atoms with Gasteiger partial charge in [-0.3, -0.25) is 9.69 Å². The van der Waals surface area contributed by atoms with Crippen LogP contribution in [0, 0.1) is 5.92 Å². The first-order valence-corrected chi connectivity index (χ1v) is 6.32. The number of amides is 1. The van der Waals surface area contributed by atoms with E-state index in [1.165, 1.54) is 0 Å². The lowest BCUT2D eigenvalue weighted by atomic mass is 9.98. The van der Waals surface area contributed by atoms with Crippen molar-refractivity contribution < 1.29 is 9.90 Å². The molecule has 4 heteroatoms. The molecule has 1 saturated heterocycles. The Kier molecular flexibility index (Phi) is 5.77. The molecule has 1 amide bonds. The summed E-state index contributed by atoms with van der Waals surface area (Å²) in [7, 11) is 0. The maximum Gasteiger partial charge on any atom is 0.236 e. The minimum atomic E-state index is 0.229. The maximum atomic E-state index is 11.9. The largest absolute Gasteiger partial charge is 0.396 e. The van der Waals surface area contributed by atoms with Crippen molar-refractivity contribution in [1.29, 1.82) is 0 Å². The van der Waals surface area contributed by atoms with Crippen LogP contribution in [0.1, 0.15) is 26.7 Å². The topological polar surface area (TPSA) is 43.8 Å². The highest BCUT2D eigenvalue weighted by Crippen LogP contribution is 2.16. The molecule has 1 N–H and O–H groups in total. The lowest BCUT2D eigenvalue weighted by Crippen LogP contribution is -2.43. The third-order valence-corrected chi connectivity index (χ3v) is 3.44. The molecule has 1 rings (SSSR count). The fraction of sp³-hybridized carbons (Fsp3) is 0.917. The van der Waals surface area contributed by atoms with E-state index in [-0.39, 0.29) is 12.5 Å². The minimum absolute atomic E-state index is 0.229. The molecule has 0 atom stereocenters. The van der Waals surface area contributed by atoms with Gasteiger partial charge in [-0.05, 0) is 45.7 Å². The number of aliphatic hydroxyl groups excluding tert-OH is 1. The van der Waals surface area contributed by atoms with E-state index in [1.807, 2.05) is 18.7 Å². The Bertz CT molecular complexity index is 209. The van der Waals surface area contributed by atoms with E-state index >= 15 is 0 Å². The van der Waals surface area contributed by atoms with Gasteiger partial charge < -0.3 is 10.0 Å². The van der Waals surface area contributed by atoms with Crippen LogP contribution in [-0.2, 0) is 4.79 Å². The molecule has 0 saturated carbocycles.